The summed E-state index contributed by atoms with van der Waals surface area (Å²) in [6, 6.07) is 0. The summed E-state index contributed by atoms with van der Waals surface area (Å²) in [5.41, 5.74) is 0.989. The van der Waals surface area contributed by atoms with Crippen molar-refractivity contribution in [2.45, 2.75) is 14.2 Å². The topological polar surface area (TPSA) is 50.8 Å². The van der Waals surface area contributed by atoms with Gasteiger partial charge in [0.2, 0.25) is 5.88 Å². The molecule has 0 saturated carbocycles. The molecule has 2 radical (unpaired) electrons. The highest BCUT2D eigenvalue weighted by Crippen LogP contribution is 2.25. The second-order valence-corrected chi connectivity index (χ2v) is 3.04. The molecule has 0 amide bonds. The molecule has 2 rings (SSSR count). The Balaban J connectivity index is 0.000000617. The van der Waals surface area contributed by atoms with E-state index in [0.717, 1.165) is 10.6 Å². The maximum absolute atomic E-state index is 4.96. The number of methoxy groups -OCH3 is 1. The first-order valence-corrected chi connectivity index (χ1v) is 4.84. The highest BCUT2D eigenvalue weighted by atomic mass is 32.1. The van der Waals surface area contributed by atoms with Gasteiger partial charge in [0.05, 0.1) is 26.5 Å². The zero-order chi connectivity index (χ0) is 10.4. The van der Waals surface area contributed by atoms with Gasteiger partial charge >= 0.3 is 0 Å². The Morgan fingerprint density at radius 1 is 1.47 bits per heavy atom. The average molecular weight is 223 g/mol. The van der Waals surface area contributed by atoms with Crippen LogP contribution in [0.5, 0.6) is 5.88 Å². The molecule has 0 spiro atoms. The number of rotatable bonds is 2. The maximum atomic E-state index is 4.96. The molecule has 0 aliphatic heterocycles. The van der Waals surface area contributed by atoms with E-state index in [1.165, 1.54) is 18.2 Å². The molecule has 4 nitrogen and oxygen atoms in total. The second-order valence-electron chi connectivity index (χ2n) is 2.18. The van der Waals surface area contributed by atoms with Crippen LogP contribution in [0.1, 0.15) is 7.43 Å². The van der Waals surface area contributed by atoms with Gasteiger partial charge in [-0.05, 0) is 0 Å². The predicted octanol–water partition coefficient (Wildman–Crippen LogP) is 2.38. The Kier molecular flexibility index (Phi) is 6.45. The summed E-state index contributed by atoms with van der Waals surface area (Å²) >= 11 is 1.54. The fourth-order valence-corrected chi connectivity index (χ4v) is 1.60. The van der Waals surface area contributed by atoms with Crippen molar-refractivity contribution in [1.82, 2.24) is 15.2 Å². The molecule has 0 saturated heterocycles. The summed E-state index contributed by atoms with van der Waals surface area (Å²) in [6.07, 6.45) is 3.54. The Hall–Kier alpha value is -1.30. The lowest BCUT2D eigenvalue weighted by atomic mass is 10.2. The third-order valence-corrected chi connectivity index (χ3v) is 2.31. The number of ether oxygens (including phenoxy) is 1. The van der Waals surface area contributed by atoms with Gasteiger partial charge in [0, 0.05) is 11.8 Å². The van der Waals surface area contributed by atoms with Gasteiger partial charge in [0.25, 0.3) is 0 Å². The monoisotopic (exact) mass is 223 g/mol. The summed E-state index contributed by atoms with van der Waals surface area (Å²) in [4.78, 5) is 4.21. The minimum atomic E-state index is 0. The number of thiazole rings is 1. The molecule has 80 valence electrons. The fraction of sp³-hybridized carbons (Fsp3) is 0.333. The van der Waals surface area contributed by atoms with Gasteiger partial charge in [-0.3, -0.25) is 5.10 Å². The van der Waals surface area contributed by atoms with Gasteiger partial charge in [-0.15, -0.1) is 11.3 Å². The summed E-state index contributed by atoms with van der Waals surface area (Å²) in [5, 5.41) is 9.35. The van der Waals surface area contributed by atoms with Gasteiger partial charge in [-0.1, -0.05) is 14.2 Å². The van der Waals surface area contributed by atoms with E-state index in [1.54, 1.807) is 19.5 Å². The molecule has 6 heteroatoms. The number of hydrogen-bond acceptors (Lipinski definition) is 4. The van der Waals surface area contributed by atoms with E-state index in [-0.39, 0.29) is 7.43 Å². The zero-order valence-corrected chi connectivity index (χ0v) is 8.84. The molecule has 1 N–H and O–H groups in total. The lowest BCUT2D eigenvalue weighted by Crippen LogP contribution is -1.80. The minimum absolute atomic E-state index is 0. The quantitative estimate of drug-likeness (QED) is 0.795. The van der Waals surface area contributed by atoms with Crippen molar-refractivity contribution in [2.24, 2.45) is 0 Å². The van der Waals surface area contributed by atoms with Crippen LogP contribution in [-0.2, 0) is 0 Å². The molecular formula is C9H14BN3OS. The van der Waals surface area contributed by atoms with E-state index in [1.807, 2.05) is 5.38 Å². The van der Waals surface area contributed by atoms with E-state index >= 15 is 0 Å². The first-order chi connectivity index (χ1) is 6.90. The predicted molar refractivity (Wildman–Crippen MR) is 64.6 cm³/mol. The van der Waals surface area contributed by atoms with E-state index in [4.69, 9.17) is 4.74 Å². The number of aromatic amines is 1. The standard InChI is InChI=1S/C7H7N3OS.CH3B.CH4/c1-11-6-4-12-7(10-6)5-2-8-9-3-5;1-2;/h2-4H,1H3,(H,8,9);1H3;1H4. The lowest BCUT2D eigenvalue weighted by molar-refractivity contribution is 0.401. The number of nitrogens with zero attached hydrogens (tertiary/aromatic N) is 2. The smallest absolute Gasteiger partial charge is 0.224 e. The third kappa shape index (κ3) is 3.40. The van der Waals surface area contributed by atoms with Crippen molar-refractivity contribution in [1.29, 1.82) is 0 Å². The Morgan fingerprint density at radius 2 is 2.20 bits per heavy atom. The van der Waals surface area contributed by atoms with Crippen LogP contribution in [0, 0.1) is 0 Å². The van der Waals surface area contributed by atoms with Gasteiger partial charge in [0.15, 0.2) is 0 Å². The summed E-state index contributed by atoms with van der Waals surface area (Å²) in [5.74, 6) is 0.649. The van der Waals surface area contributed by atoms with Crippen LogP contribution in [0.15, 0.2) is 17.8 Å². The van der Waals surface area contributed by atoms with Crippen LogP contribution in [0.4, 0.5) is 0 Å². The first-order valence-electron chi connectivity index (χ1n) is 3.96. The van der Waals surface area contributed by atoms with Gasteiger partial charge < -0.3 is 4.74 Å². The molecule has 2 heterocycles. The largest absolute Gasteiger partial charge is 0.480 e. The number of aromatic nitrogens is 3. The second kappa shape index (κ2) is 7.06. The van der Waals surface area contributed by atoms with Crippen molar-refractivity contribution >= 4 is 19.2 Å². The van der Waals surface area contributed by atoms with Crippen molar-refractivity contribution in [3.63, 3.8) is 0 Å². The zero-order valence-electron chi connectivity index (χ0n) is 8.02. The van der Waals surface area contributed by atoms with Crippen LogP contribution >= 0.6 is 11.3 Å². The minimum Gasteiger partial charge on any atom is -0.480 e. The molecule has 0 atom stereocenters. The molecule has 15 heavy (non-hydrogen) atoms. The lowest BCUT2D eigenvalue weighted by Gasteiger charge is -1.88. The summed E-state index contributed by atoms with van der Waals surface area (Å²) in [6.45, 7) is 1.50. The highest BCUT2D eigenvalue weighted by molar-refractivity contribution is 7.13. The number of nitrogens with one attached hydrogen (secondary N) is 1. The Labute approximate surface area is 95.1 Å². The van der Waals surface area contributed by atoms with E-state index in [0.29, 0.717) is 5.88 Å². The molecular weight excluding hydrogens is 209 g/mol. The van der Waals surface area contributed by atoms with Crippen LogP contribution in [0.3, 0.4) is 0 Å². The highest BCUT2D eigenvalue weighted by Gasteiger charge is 2.04. The van der Waals surface area contributed by atoms with Gasteiger partial charge in [0.1, 0.15) is 5.01 Å². The molecule has 2 aromatic heterocycles. The molecule has 0 aromatic carbocycles. The summed E-state index contributed by atoms with van der Waals surface area (Å²) < 4.78 is 4.96. The Bertz CT molecular complexity index is 361. The fourth-order valence-electron chi connectivity index (χ4n) is 0.853. The Morgan fingerprint density at radius 3 is 2.67 bits per heavy atom. The van der Waals surface area contributed by atoms with E-state index < -0.39 is 0 Å². The number of H-pyrrole nitrogens is 1. The van der Waals surface area contributed by atoms with E-state index in [2.05, 4.69) is 23.0 Å². The first kappa shape index (κ1) is 13.7. The number of hydrogen-bond donors (Lipinski definition) is 1. The van der Waals surface area contributed by atoms with Crippen molar-refractivity contribution in [3.8, 4) is 16.5 Å². The molecule has 0 unspecified atom stereocenters. The SMILES string of the molecule is C.COc1csc(-c2cn[nH]c2)n1.[B]C. The molecule has 0 fully saturated rings. The van der Waals surface area contributed by atoms with Crippen LogP contribution in [0.25, 0.3) is 10.6 Å². The molecule has 2 aromatic rings. The van der Waals surface area contributed by atoms with Crippen LogP contribution in [-0.4, -0.2) is 30.1 Å². The van der Waals surface area contributed by atoms with Crippen LogP contribution < -0.4 is 4.74 Å². The normalized spacial score (nSPS) is 8.40. The summed E-state index contributed by atoms with van der Waals surface area (Å²) in [7, 11) is 6.11. The molecule has 0 bridgehead atoms. The van der Waals surface area contributed by atoms with E-state index in [9.17, 15) is 0 Å². The molecule has 0 aliphatic carbocycles. The third-order valence-electron chi connectivity index (χ3n) is 1.44. The molecule has 0 aliphatic rings. The van der Waals surface area contributed by atoms with Crippen LogP contribution in [0.2, 0.25) is 6.82 Å². The maximum Gasteiger partial charge on any atom is 0.224 e. The van der Waals surface area contributed by atoms with Crippen molar-refractivity contribution in [2.75, 3.05) is 7.11 Å². The van der Waals surface area contributed by atoms with Crippen molar-refractivity contribution < 1.29 is 4.74 Å². The average Bonchev–Trinajstić information content (AvgIpc) is 2.91. The van der Waals surface area contributed by atoms with Gasteiger partial charge in [-0.2, -0.15) is 5.10 Å². The van der Waals surface area contributed by atoms with Gasteiger partial charge in [-0.25, -0.2) is 4.98 Å². The van der Waals surface area contributed by atoms with Crippen molar-refractivity contribution in [3.05, 3.63) is 17.8 Å².